The van der Waals surface area contributed by atoms with Crippen molar-refractivity contribution >= 4 is 11.9 Å². The largest absolute Gasteiger partial charge is 0.493 e. The van der Waals surface area contributed by atoms with Crippen LogP contribution in [-0.2, 0) is 16.1 Å². The van der Waals surface area contributed by atoms with Crippen molar-refractivity contribution in [1.82, 2.24) is 10.6 Å². The van der Waals surface area contributed by atoms with E-state index in [0.717, 1.165) is 29.8 Å². The maximum absolute atomic E-state index is 11.2. The molecule has 1 aromatic rings. The van der Waals surface area contributed by atoms with Gasteiger partial charge in [0.25, 0.3) is 0 Å². The summed E-state index contributed by atoms with van der Waals surface area (Å²) in [5.41, 5.74) is 2.20. The number of aliphatic imine (C=N–C) groups is 1. The van der Waals surface area contributed by atoms with Crippen LogP contribution in [0, 0.1) is 6.92 Å². The number of hydrogen-bond acceptors (Lipinski definition) is 4. The van der Waals surface area contributed by atoms with Crippen molar-refractivity contribution in [3.8, 4) is 5.75 Å². The highest BCUT2D eigenvalue weighted by Crippen LogP contribution is 2.21. The molecule has 0 fully saturated rings. The normalized spacial score (nSPS) is 11.1. The van der Waals surface area contributed by atoms with Crippen LogP contribution in [0.25, 0.3) is 0 Å². The summed E-state index contributed by atoms with van der Waals surface area (Å²) in [5.74, 6) is 1.31. The zero-order chi connectivity index (χ0) is 17.8. The van der Waals surface area contributed by atoms with Crippen LogP contribution in [0.2, 0.25) is 0 Å². The number of hydrogen-bond donors (Lipinski definition) is 2. The van der Waals surface area contributed by atoms with E-state index in [1.165, 1.54) is 7.11 Å². The Hall–Kier alpha value is -2.24. The monoisotopic (exact) mass is 335 g/mol. The predicted octanol–water partition coefficient (Wildman–Crippen LogP) is 2.40. The van der Waals surface area contributed by atoms with E-state index in [4.69, 9.17) is 4.74 Å². The topological polar surface area (TPSA) is 72.0 Å². The van der Waals surface area contributed by atoms with Crippen LogP contribution < -0.4 is 15.4 Å². The minimum absolute atomic E-state index is 0.243. The lowest BCUT2D eigenvalue weighted by molar-refractivity contribution is -0.140. The minimum atomic E-state index is -0.243. The van der Waals surface area contributed by atoms with Crippen molar-refractivity contribution in [3.63, 3.8) is 0 Å². The number of rotatable bonds is 9. The summed E-state index contributed by atoms with van der Waals surface area (Å²) in [7, 11) is 1.39. The third-order valence-corrected chi connectivity index (χ3v) is 3.29. The van der Waals surface area contributed by atoms with Gasteiger partial charge in [0, 0.05) is 18.7 Å². The molecule has 2 N–H and O–H groups in total. The van der Waals surface area contributed by atoms with E-state index >= 15 is 0 Å². The smallest absolute Gasteiger partial charge is 0.307 e. The molecule has 0 aliphatic heterocycles. The van der Waals surface area contributed by atoms with Crippen LogP contribution in [0.5, 0.6) is 5.75 Å². The molecule has 0 saturated heterocycles. The number of aryl methyl sites for hydroxylation is 1. The number of methoxy groups -OCH3 is 1. The van der Waals surface area contributed by atoms with Gasteiger partial charge >= 0.3 is 5.97 Å². The Morgan fingerprint density at radius 1 is 1.25 bits per heavy atom. The highest BCUT2D eigenvalue weighted by molar-refractivity contribution is 5.80. The zero-order valence-electron chi connectivity index (χ0n) is 15.1. The van der Waals surface area contributed by atoms with Crippen LogP contribution in [0.1, 0.15) is 37.8 Å². The molecule has 0 aromatic heterocycles. The quantitative estimate of drug-likeness (QED) is 0.412. The maximum Gasteiger partial charge on any atom is 0.307 e. The van der Waals surface area contributed by atoms with Gasteiger partial charge in [-0.1, -0.05) is 19.1 Å². The third kappa shape index (κ3) is 7.35. The first kappa shape index (κ1) is 19.8. The van der Waals surface area contributed by atoms with Crippen LogP contribution >= 0.6 is 0 Å². The van der Waals surface area contributed by atoms with E-state index in [1.54, 1.807) is 0 Å². The van der Waals surface area contributed by atoms with Crippen LogP contribution in [0.15, 0.2) is 23.2 Å². The van der Waals surface area contributed by atoms with Gasteiger partial charge in [0.2, 0.25) is 0 Å². The summed E-state index contributed by atoms with van der Waals surface area (Å²) >= 11 is 0. The summed E-state index contributed by atoms with van der Waals surface area (Å²) in [6.45, 7) is 8.55. The lowest BCUT2D eigenvalue weighted by Gasteiger charge is -2.13. The van der Waals surface area contributed by atoms with Crippen LogP contribution in [0.4, 0.5) is 0 Å². The van der Waals surface area contributed by atoms with Gasteiger partial charge in [0.15, 0.2) is 5.96 Å². The fraction of sp³-hybridized carbons (Fsp3) is 0.556. The molecule has 0 spiro atoms. The van der Waals surface area contributed by atoms with Gasteiger partial charge in [0.05, 0.1) is 26.7 Å². The Bertz CT molecular complexity index is 544. The molecule has 0 atom stereocenters. The summed E-state index contributed by atoms with van der Waals surface area (Å²) in [6.07, 6.45) is 1.27. The second-order valence-electron chi connectivity index (χ2n) is 5.41. The van der Waals surface area contributed by atoms with Crippen molar-refractivity contribution in [3.05, 3.63) is 29.3 Å². The van der Waals surface area contributed by atoms with Gasteiger partial charge in [-0.2, -0.15) is 0 Å². The molecule has 24 heavy (non-hydrogen) atoms. The molecule has 0 heterocycles. The Morgan fingerprint density at radius 2 is 2.04 bits per heavy atom. The molecular formula is C18H29N3O3. The summed E-state index contributed by atoms with van der Waals surface area (Å²) in [5, 5.41) is 6.29. The number of nitrogens with zero attached hydrogens (tertiary/aromatic N) is 1. The fourth-order valence-electron chi connectivity index (χ4n) is 2.03. The first-order chi connectivity index (χ1) is 11.6. The molecule has 0 amide bonds. The average molecular weight is 335 g/mol. The predicted molar refractivity (Wildman–Crippen MR) is 96.4 cm³/mol. The fourth-order valence-corrected chi connectivity index (χ4v) is 2.03. The molecule has 0 aliphatic carbocycles. The molecule has 6 heteroatoms. The van der Waals surface area contributed by atoms with Crippen molar-refractivity contribution in [1.29, 1.82) is 0 Å². The standard InChI is InChI=1S/C18H29N3O3/c1-5-11-24-16-12-14(3)7-8-15(16)13-21-18(19-6-2)20-10-9-17(22)23-4/h7-8,12H,5-6,9-11,13H2,1-4H3,(H2,19,20,21). The Kier molecular flexibility index (Phi) is 9.34. The van der Waals surface area contributed by atoms with E-state index in [-0.39, 0.29) is 5.97 Å². The Labute approximate surface area is 144 Å². The third-order valence-electron chi connectivity index (χ3n) is 3.29. The van der Waals surface area contributed by atoms with Crippen LogP contribution in [0.3, 0.4) is 0 Å². The zero-order valence-corrected chi connectivity index (χ0v) is 15.1. The van der Waals surface area contributed by atoms with Crippen molar-refractivity contribution in [2.24, 2.45) is 4.99 Å². The molecule has 0 aliphatic rings. The first-order valence-electron chi connectivity index (χ1n) is 8.42. The summed E-state index contributed by atoms with van der Waals surface area (Å²) in [4.78, 5) is 15.7. The second-order valence-corrected chi connectivity index (χ2v) is 5.41. The van der Waals surface area contributed by atoms with Crippen molar-refractivity contribution in [2.75, 3.05) is 26.8 Å². The lowest BCUT2D eigenvalue weighted by Crippen LogP contribution is -2.38. The summed E-state index contributed by atoms with van der Waals surface area (Å²) in [6, 6.07) is 6.14. The van der Waals surface area contributed by atoms with Gasteiger partial charge in [-0.3, -0.25) is 4.79 Å². The van der Waals surface area contributed by atoms with Crippen molar-refractivity contribution in [2.45, 2.75) is 40.2 Å². The van der Waals surface area contributed by atoms with E-state index in [9.17, 15) is 4.79 Å². The molecule has 0 saturated carbocycles. The number of esters is 1. The van der Waals surface area contributed by atoms with E-state index in [2.05, 4.69) is 33.4 Å². The van der Waals surface area contributed by atoms with E-state index in [0.29, 0.717) is 32.1 Å². The van der Waals surface area contributed by atoms with E-state index in [1.807, 2.05) is 26.0 Å². The minimum Gasteiger partial charge on any atom is -0.493 e. The van der Waals surface area contributed by atoms with Crippen LogP contribution in [-0.4, -0.2) is 38.7 Å². The van der Waals surface area contributed by atoms with Gasteiger partial charge in [-0.15, -0.1) is 0 Å². The van der Waals surface area contributed by atoms with Gasteiger partial charge in [-0.25, -0.2) is 4.99 Å². The number of guanidine groups is 1. The molecular weight excluding hydrogens is 306 g/mol. The molecule has 0 bridgehead atoms. The number of carbonyl (C=O) groups is 1. The summed E-state index contributed by atoms with van der Waals surface area (Å²) < 4.78 is 10.4. The number of nitrogens with one attached hydrogen (secondary N) is 2. The molecule has 0 radical (unpaired) electrons. The lowest BCUT2D eigenvalue weighted by atomic mass is 10.1. The highest BCUT2D eigenvalue weighted by atomic mass is 16.5. The second kappa shape index (κ2) is 11.3. The highest BCUT2D eigenvalue weighted by Gasteiger charge is 2.06. The Balaban J connectivity index is 2.72. The number of benzene rings is 1. The first-order valence-corrected chi connectivity index (χ1v) is 8.42. The molecule has 6 nitrogen and oxygen atoms in total. The number of carbonyl (C=O) groups excluding carboxylic acids is 1. The van der Waals surface area contributed by atoms with Gasteiger partial charge in [-0.05, 0) is 31.9 Å². The van der Waals surface area contributed by atoms with E-state index < -0.39 is 0 Å². The Morgan fingerprint density at radius 3 is 2.71 bits per heavy atom. The molecule has 1 aromatic carbocycles. The molecule has 1 rings (SSSR count). The molecule has 134 valence electrons. The maximum atomic E-state index is 11.2. The SMILES string of the molecule is CCCOc1cc(C)ccc1CN=C(NCC)NCCC(=O)OC. The average Bonchev–Trinajstić information content (AvgIpc) is 2.58. The van der Waals surface area contributed by atoms with Gasteiger partial charge in [0.1, 0.15) is 5.75 Å². The van der Waals surface area contributed by atoms with Gasteiger partial charge < -0.3 is 20.1 Å². The number of ether oxygens (including phenoxy) is 2. The molecule has 0 unspecified atom stereocenters. The van der Waals surface area contributed by atoms with Crippen molar-refractivity contribution < 1.29 is 14.3 Å².